The lowest BCUT2D eigenvalue weighted by Gasteiger charge is -2.06. The molecule has 2 N–H and O–H groups in total. The number of fused-ring (bicyclic) bond motifs is 1. The molecule has 0 aliphatic heterocycles. The van der Waals surface area contributed by atoms with Crippen LogP contribution in [0.5, 0.6) is 5.88 Å². The Morgan fingerprint density at radius 1 is 0.629 bits per heavy atom. The normalized spacial score (nSPS) is 11.4. The summed E-state index contributed by atoms with van der Waals surface area (Å²) >= 11 is 1.41. The first-order valence-corrected chi connectivity index (χ1v) is 12.1. The maximum atomic E-state index is 10.2. The molecule has 0 saturated heterocycles. The summed E-state index contributed by atoms with van der Waals surface area (Å²) in [5.41, 5.74) is 7.83. The SMILES string of the molecule is Oc1[nH]c2ccccc2c1N=Nc1nc(-c2ccc(-c3ccc(-c4ccccc4)cc3)cc2)cs1. The van der Waals surface area contributed by atoms with E-state index < -0.39 is 0 Å². The molecular weight excluding hydrogens is 452 g/mol. The van der Waals surface area contributed by atoms with Gasteiger partial charge in [0.2, 0.25) is 11.0 Å². The molecule has 6 rings (SSSR count). The van der Waals surface area contributed by atoms with Gasteiger partial charge in [0.15, 0.2) is 5.69 Å². The van der Waals surface area contributed by atoms with Crippen molar-refractivity contribution in [2.75, 3.05) is 0 Å². The smallest absolute Gasteiger partial charge is 0.230 e. The molecule has 5 nitrogen and oxygen atoms in total. The molecule has 0 aliphatic carbocycles. The lowest BCUT2D eigenvalue weighted by molar-refractivity contribution is 0.459. The lowest BCUT2D eigenvalue weighted by atomic mass is 9.99. The Bertz CT molecular complexity index is 1630. The third-order valence-corrected chi connectivity index (χ3v) is 6.62. The Labute approximate surface area is 206 Å². The van der Waals surface area contributed by atoms with Gasteiger partial charge in [0, 0.05) is 16.3 Å². The molecule has 0 fully saturated rings. The molecule has 2 aromatic heterocycles. The van der Waals surface area contributed by atoms with Crippen LogP contribution in [0.1, 0.15) is 0 Å². The van der Waals surface area contributed by atoms with E-state index in [2.05, 4.69) is 93.0 Å². The maximum Gasteiger partial charge on any atom is 0.230 e. The molecule has 2 heterocycles. The quantitative estimate of drug-likeness (QED) is 0.246. The van der Waals surface area contributed by atoms with Crippen LogP contribution in [0.4, 0.5) is 10.8 Å². The summed E-state index contributed by atoms with van der Waals surface area (Å²) in [4.78, 5) is 7.51. The number of hydrogen-bond acceptors (Lipinski definition) is 5. The van der Waals surface area contributed by atoms with Crippen LogP contribution in [0.15, 0.2) is 119 Å². The number of H-pyrrole nitrogens is 1. The van der Waals surface area contributed by atoms with Crippen molar-refractivity contribution in [2.45, 2.75) is 0 Å². The minimum Gasteiger partial charge on any atom is -0.493 e. The molecule has 0 aliphatic rings. The highest BCUT2D eigenvalue weighted by Crippen LogP contribution is 2.37. The molecule has 6 heteroatoms. The number of nitrogens with one attached hydrogen (secondary N) is 1. The van der Waals surface area contributed by atoms with Gasteiger partial charge in [-0.25, -0.2) is 4.98 Å². The van der Waals surface area contributed by atoms with Crippen molar-refractivity contribution in [3.05, 3.63) is 109 Å². The first kappa shape index (κ1) is 21.0. The zero-order chi connectivity index (χ0) is 23.6. The standard InChI is InChI=1S/C29H20N4OS/c34-28-27(24-8-4-5-9-25(24)30-28)32-33-29-31-26(18-35-29)23-16-14-22(15-17-23)21-12-10-20(11-13-21)19-6-2-1-3-7-19/h1-18,30,34H. The molecule has 0 unspecified atom stereocenters. The van der Waals surface area contributed by atoms with Crippen LogP contribution in [0.3, 0.4) is 0 Å². The topological polar surface area (TPSA) is 73.6 Å². The zero-order valence-electron chi connectivity index (χ0n) is 18.6. The van der Waals surface area contributed by atoms with Crippen molar-refractivity contribution >= 4 is 33.1 Å². The Morgan fingerprint density at radius 3 is 1.89 bits per heavy atom. The summed E-state index contributed by atoms with van der Waals surface area (Å²) in [6.45, 7) is 0. The van der Waals surface area contributed by atoms with Crippen LogP contribution in [0.25, 0.3) is 44.4 Å². The fourth-order valence-electron chi connectivity index (χ4n) is 4.07. The molecular formula is C29H20N4OS. The lowest BCUT2D eigenvalue weighted by Crippen LogP contribution is -1.82. The number of rotatable bonds is 5. The highest BCUT2D eigenvalue weighted by Gasteiger charge is 2.10. The fourth-order valence-corrected chi connectivity index (χ4v) is 4.71. The van der Waals surface area contributed by atoms with Crippen molar-refractivity contribution in [2.24, 2.45) is 10.2 Å². The second kappa shape index (κ2) is 9.00. The maximum absolute atomic E-state index is 10.2. The first-order valence-electron chi connectivity index (χ1n) is 11.2. The molecule has 168 valence electrons. The van der Waals surface area contributed by atoms with Crippen molar-refractivity contribution in [3.63, 3.8) is 0 Å². The highest BCUT2D eigenvalue weighted by atomic mass is 32.1. The third kappa shape index (κ3) is 4.23. The predicted molar refractivity (Wildman–Crippen MR) is 143 cm³/mol. The fraction of sp³-hybridized carbons (Fsp3) is 0. The average Bonchev–Trinajstić information content (AvgIpc) is 3.52. The summed E-state index contributed by atoms with van der Waals surface area (Å²) in [6, 6.07) is 34.9. The van der Waals surface area contributed by atoms with Gasteiger partial charge in [-0.1, -0.05) is 97.1 Å². The van der Waals surface area contributed by atoms with E-state index in [0.717, 1.165) is 27.7 Å². The van der Waals surface area contributed by atoms with Gasteiger partial charge in [0.1, 0.15) is 0 Å². The molecule has 0 atom stereocenters. The highest BCUT2D eigenvalue weighted by molar-refractivity contribution is 7.13. The van der Waals surface area contributed by atoms with Crippen LogP contribution in [-0.2, 0) is 0 Å². The van der Waals surface area contributed by atoms with Crippen LogP contribution in [0, 0.1) is 0 Å². The Hall–Kier alpha value is -4.55. The number of aromatic amines is 1. The number of para-hydroxylation sites is 1. The van der Waals surface area contributed by atoms with Gasteiger partial charge in [0.25, 0.3) is 0 Å². The summed E-state index contributed by atoms with van der Waals surface area (Å²) in [5, 5.41) is 22.0. The van der Waals surface area contributed by atoms with Gasteiger partial charge in [-0.05, 0) is 28.3 Å². The van der Waals surface area contributed by atoms with Crippen molar-refractivity contribution in [1.29, 1.82) is 0 Å². The third-order valence-electron chi connectivity index (χ3n) is 5.89. The average molecular weight is 473 g/mol. The summed E-state index contributed by atoms with van der Waals surface area (Å²) < 4.78 is 0. The van der Waals surface area contributed by atoms with E-state index in [9.17, 15) is 5.11 Å². The van der Waals surface area contributed by atoms with Gasteiger partial charge in [-0.2, -0.15) is 0 Å². The largest absolute Gasteiger partial charge is 0.493 e. The van der Waals surface area contributed by atoms with Crippen molar-refractivity contribution in [3.8, 4) is 39.4 Å². The number of azo groups is 1. The first-order chi connectivity index (χ1) is 17.2. The Kier molecular flexibility index (Phi) is 5.41. The van der Waals surface area contributed by atoms with E-state index in [1.165, 1.54) is 28.0 Å². The van der Waals surface area contributed by atoms with Crippen molar-refractivity contribution < 1.29 is 5.11 Å². The number of benzene rings is 4. The molecule has 35 heavy (non-hydrogen) atoms. The molecule has 4 aromatic carbocycles. The van der Waals surface area contributed by atoms with E-state index in [-0.39, 0.29) is 5.88 Å². The molecule has 0 amide bonds. The molecule has 0 bridgehead atoms. The number of aromatic hydroxyl groups is 1. The molecule has 0 spiro atoms. The van der Waals surface area contributed by atoms with Gasteiger partial charge >= 0.3 is 0 Å². The number of hydrogen-bond donors (Lipinski definition) is 2. The van der Waals surface area contributed by atoms with Crippen LogP contribution < -0.4 is 0 Å². The number of nitrogens with zero attached hydrogens (tertiary/aromatic N) is 3. The number of thiazole rings is 1. The van der Waals surface area contributed by atoms with Gasteiger partial charge in [-0.15, -0.1) is 21.6 Å². The minimum atomic E-state index is -0.000815. The van der Waals surface area contributed by atoms with Gasteiger partial charge in [-0.3, -0.25) is 0 Å². The van der Waals surface area contributed by atoms with E-state index >= 15 is 0 Å². The van der Waals surface area contributed by atoms with E-state index in [0.29, 0.717) is 10.8 Å². The van der Waals surface area contributed by atoms with Gasteiger partial charge in [0.05, 0.1) is 11.2 Å². The van der Waals surface area contributed by atoms with Crippen LogP contribution in [0.2, 0.25) is 0 Å². The van der Waals surface area contributed by atoms with E-state index in [4.69, 9.17) is 0 Å². The zero-order valence-corrected chi connectivity index (χ0v) is 19.4. The summed E-state index contributed by atoms with van der Waals surface area (Å²) in [6.07, 6.45) is 0. The van der Waals surface area contributed by atoms with E-state index in [1.807, 2.05) is 35.7 Å². The predicted octanol–water partition coefficient (Wildman–Crippen LogP) is 8.75. The summed E-state index contributed by atoms with van der Waals surface area (Å²) in [7, 11) is 0. The van der Waals surface area contributed by atoms with Gasteiger partial charge < -0.3 is 10.1 Å². The van der Waals surface area contributed by atoms with E-state index in [1.54, 1.807) is 0 Å². The second-order valence-corrected chi connectivity index (χ2v) is 8.94. The van der Waals surface area contributed by atoms with Crippen LogP contribution in [-0.4, -0.2) is 15.1 Å². The monoisotopic (exact) mass is 472 g/mol. The minimum absolute atomic E-state index is 0.000815. The Morgan fingerprint density at radius 2 is 1.20 bits per heavy atom. The number of aromatic nitrogens is 2. The molecule has 0 radical (unpaired) electrons. The Balaban J connectivity index is 1.20. The summed E-state index contributed by atoms with van der Waals surface area (Å²) in [5.74, 6) is -0.000815. The second-order valence-electron chi connectivity index (χ2n) is 8.10. The molecule has 6 aromatic rings. The molecule has 0 saturated carbocycles. The van der Waals surface area contributed by atoms with Crippen molar-refractivity contribution in [1.82, 2.24) is 9.97 Å². The van der Waals surface area contributed by atoms with Crippen LogP contribution >= 0.6 is 11.3 Å².